The molecule has 0 spiro atoms. The van der Waals surface area contributed by atoms with Crippen molar-refractivity contribution in [2.75, 3.05) is 13.2 Å². The van der Waals surface area contributed by atoms with E-state index in [0.29, 0.717) is 25.1 Å². The molecule has 0 saturated carbocycles. The number of aliphatic carboxylic acids is 1. The van der Waals surface area contributed by atoms with E-state index < -0.39 is 12.1 Å². The molecule has 30 heavy (non-hydrogen) atoms. The molecule has 0 atom stereocenters. The number of amides is 1. The average molecular weight is 406 g/mol. The molecule has 4 rings (SSSR count). The first kappa shape index (κ1) is 19.6. The van der Waals surface area contributed by atoms with Crippen LogP contribution in [0, 0.1) is 0 Å². The molecule has 3 aromatic rings. The Morgan fingerprint density at radius 1 is 1.07 bits per heavy atom. The van der Waals surface area contributed by atoms with Crippen LogP contribution in [0.2, 0.25) is 0 Å². The average Bonchev–Trinajstić information content (AvgIpc) is 3.31. The van der Waals surface area contributed by atoms with Gasteiger partial charge in [0.2, 0.25) is 0 Å². The number of carbonyl (C=O) groups is 2. The van der Waals surface area contributed by atoms with Crippen LogP contribution in [0.5, 0.6) is 0 Å². The summed E-state index contributed by atoms with van der Waals surface area (Å²) in [4.78, 5) is 22.8. The van der Waals surface area contributed by atoms with Gasteiger partial charge in [-0.3, -0.25) is 4.79 Å². The van der Waals surface area contributed by atoms with Crippen molar-refractivity contribution in [3.05, 3.63) is 71.5 Å². The molecule has 1 aromatic heterocycles. The molecule has 8 heteroatoms. The van der Waals surface area contributed by atoms with Gasteiger partial charge in [-0.1, -0.05) is 53.7 Å². The maximum Gasteiger partial charge on any atom is 0.407 e. The molecule has 0 aliphatic heterocycles. The lowest BCUT2D eigenvalue weighted by molar-refractivity contribution is -0.137. The van der Waals surface area contributed by atoms with Crippen molar-refractivity contribution in [2.45, 2.75) is 25.3 Å². The predicted octanol–water partition coefficient (Wildman–Crippen LogP) is 2.83. The maximum absolute atomic E-state index is 12.1. The van der Waals surface area contributed by atoms with Gasteiger partial charge in [0.1, 0.15) is 13.2 Å². The number of benzene rings is 2. The van der Waals surface area contributed by atoms with Crippen LogP contribution in [0.3, 0.4) is 0 Å². The normalized spacial score (nSPS) is 12.3. The van der Waals surface area contributed by atoms with E-state index in [9.17, 15) is 9.59 Å². The summed E-state index contributed by atoms with van der Waals surface area (Å²) in [7, 11) is 0. The molecule has 154 valence electrons. The Bertz CT molecular complexity index is 1020. The van der Waals surface area contributed by atoms with E-state index in [1.54, 1.807) is 6.20 Å². The Kier molecular flexibility index (Phi) is 5.74. The minimum atomic E-state index is -0.969. The number of nitrogens with zero attached hydrogens (tertiary/aromatic N) is 3. The van der Waals surface area contributed by atoms with Gasteiger partial charge in [0.15, 0.2) is 0 Å². The fourth-order valence-electron chi connectivity index (χ4n) is 3.78. The summed E-state index contributed by atoms with van der Waals surface area (Å²) >= 11 is 0. The number of ether oxygens (including phenoxy) is 1. The molecule has 1 heterocycles. The Balaban J connectivity index is 1.25. The number of fused-ring (bicyclic) bond motifs is 3. The number of aromatic nitrogens is 3. The number of carboxylic acids is 1. The second-order valence-electron chi connectivity index (χ2n) is 7.16. The molecule has 0 unspecified atom stereocenters. The number of hydrogen-bond donors (Lipinski definition) is 2. The number of hydrogen-bond acceptors (Lipinski definition) is 5. The van der Waals surface area contributed by atoms with Crippen molar-refractivity contribution < 1.29 is 19.4 Å². The van der Waals surface area contributed by atoms with E-state index in [-0.39, 0.29) is 19.1 Å². The number of rotatable bonds is 8. The Morgan fingerprint density at radius 2 is 1.73 bits per heavy atom. The number of alkyl carbamates (subject to hydrolysis) is 1. The summed E-state index contributed by atoms with van der Waals surface area (Å²) in [6.45, 7) is 0.497. The van der Waals surface area contributed by atoms with Gasteiger partial charge in [-0.15, -0.1) is 5.10 Å². The quantitative estimate of drug-likeness (QED) is 0.557. The summed E-state index contributed by atoms with van der Waals surface area (Å²) in [5.74, 6) is -0.934. The van der Waals surface area contributed by atoms with Gasteiger partial charge < -0.3 is 15.2 Å². The van der Waals surface area contributed by atoms with Crippen molar-refractivity contribution in [1.29, 1.82) is 0 Å². The first-order valence-electron chi connectivity index (χ1n) is 9.81. The summed E-state index contributed by atoms with van der Waals surface area (Å²) in [5.41, 5.74) is 5.42. The standard InChI is InChI=1S/C22H22N4O4/c27-21(28)13-26-12-15(24-25-26)6-5-11-23-22(29)30-14-20-18-9-3-1-7-16(18)17-8-2-4-10-19(17)20/h1-4,7-10,12,20H,5-6,11,13-14H2,(H,23,29)(H,27,28). The van der Waals surface area contributed by atoms with E-state index in [2.05, 4.69) is 39.9 Å². The highest BCUT2D eigenvalue weighted by Gasteiger charge is 2.28. The molecule has 8 nitrogen and oxygen atoms in total. The third-order valence-electron chi connectivity index (χ3n) is 5.11. The maximum atomic E-state index is 12.1. The number of carboxylic acid groups (broad SMARTS) is 1. The summed E-state index contributed by atoms with van der Waals surface area (Å²) < 4.78 is 6.77. The second kappa shape index (κ2) is 8.77. The lowest BCUT2D eigenvalue weighted by Gasteiger charge is -2.14. The zero-order valence-electron chi connectivity index (χ0n) is 16.3. The highest BCUT2D eigenvalue weighted by molar-refractivity contribution is 5.79. The predicted molar refractivity (Wildman–Crippen MR) is 109 cm³/mol. The van der Waals surface area contributed by atoms with Gasteiger partial charge >= 0.3 is 12.1 Å². The Labute approximate surface area is 173 Å². The Morgan fingerprint density at radius 3 is 2.40 bits per heavy atom. The molecule has 1 aliphatic carbocycles. The van der Waals surface area contributed by atoms with Crippen LogP contribution in [0.1, 0.15) is 29.2 Å². The van der Waals surface area contributed by atoms with E-state index in [1.165, 1.54) is 26.9 Å². The zero-order chi connectivity index (χ0) is 20.9. The van der Waals surface area contributed by atoms with Crippen molar-refractivity contribution in [1.82, 2.24) is 20.3 Å². The van der Waals surface area contributed by atoms with Crippen LogP contribution in [-0.4, -0.2) is 45.3 Å². The summed E-state index contributed by atoms with van der Waals surface area (Å²) in [6, 6.07) is 16.4. The summed E-state index contributed by atoms with van der Waals surface area (Å²) in [6.07, 6.45) is 2.38. The number of aryl methyl sites for hydroxylation is 1. The molecular weight excluding hydrogens is 384 g/mol. The number of carbonyl (C=O) groups excluding carboxylic acids is 1. The van der Waals surface area contributed by atoms with Crippen LogP contribution < -0.4 is 5.32 Å². The molecule has 0 radical (unpaired) electrons. The van der Waals surface area contributed by atoms with E-state index in [4.69, 9.17) is 9.84 Å². The summed E-state index contributed by atoms with van der Waals surface area (Å²) in [5, 5.41) is 19.2. The lowest BCUT2D eigenvalue weighted by atomic mass is 9.98. The fraction of sp³-hybridized carbons (Fsp3) is 0.273. The minimum absolute atomic E-state index is 0.0347. The fourth-order valence-corrected chi connectivity index (χ4v) is 3.78. The molecular formula is C22H22N4O4. The van der Waals surface area contributed by atoms with E-state index in [1.807, 2.05) is 24.3 Å². The molecule has 1 amide bonds. The first-order valence-corrected chi connectivity index (χ1v) is 9.81. The lowest BCUT2D eigenvalue weighted by Crippen LogP contribution is -2.27. The highest BCUT2D eigenvalue weighted by Crippen LogP contribution is 2.44. The number of nitrogens with one attached hydrogen (secondary N) is 1. The smallest absolute Gasteiger partial charge is 0.407 e. The Hall–Kier alpha value is -3.68. The van der Waals surface area contributed by atoms with E-state index in [0.717, 1.165) is 0 Å². The third-order valence-corrected chi connectivity index (χ3v) is 5.11. The van der Waals surface area contributed by atoms with Gasteiger partial charge in [0, 0.05) is 18.7 Å². The monoisotopic (exact) mass is 406 g/mol. The minimum Gasteiger partial charge on any atom is -0.480 e. The topological polar surface area (TPSA) is 106 Å². The van der Waals surface area contributed by atoms with Gasteiger partial charge in [0.05, 0.1) is 5.69 Å². The van der Waals surface area contributed by atoms with Crippen LogP contribution in [-0.2, 0) is 22.5 Å². The van der Waals surface area contributed by atoms with E-state index >= 15 is 0 Å². The molecule has 1 aliphatic rings. The van der Waals surface area contributed by atoms with Crippen molar-refractivity contribution in [3.8, 4) is 11.1 Å². The molecule has 2 aromatic carbocycles. The first-order chi connectivity index (χ1) is 14.6. The molecule has 0 fully saturated rings. The molecule has 0 saturated heterocycles. The molecule has 0 bridgehead atoms. The van der Waals surface area contributed by atoms with Crippen LogP contribution in [0.25, 0.3) is 11.1 Å². The van der Waals surface area contributed by atoms with Gasteiger partial charge in [-0.05, 0) is 35.1 Å². The van der Waals surface area contributed by atoms with Gasteiger partial charge in [-0.25, -0.2) is 9.48 Å². The molecule has 2 N–H and O–H groups in total. The van der Waals surface area contributed by atoms with Crippen LogP contribution in [0.4, 0.5) is 4.79 Å². The largest absolute Gasteiger partial charge is 0.480 e. The third kappa shape index (κ3) is 4.32. The van der Waals surface area contributed by atoms with Crippen molar-refractivity contribution >= 4 is 12.1 Å². The second-order valence-corrected chi connectivity index (χ2v) is 7.16. The van der Waals surface area contributed by atoms with Crippen LogP contribution in [0.15, 0.2) is 54.7 Å². The van der Waals surface area contributed by atoms with Crippen molar-refractivity contribution in [3.63, 3.8) is 0 Å². The van der Waals surface area contributed by atoms with Crippen LogP contribution >= 0.6 is 0 Å². The van der Waals surface area contributed by atoms with Crippen molar-refractivity contribution in [2.24, 2.45) is 0 Å². The van der Waals surface area contributed by atoms with Gasteiger partial charge in [-0.2, -0.15) is 0 Å². The highest BCUT2D eigenvalue weighted by atomic mass is 16.5. The zero-order valence-corrected chi connectivity index (χ0v) is 16.3. The SMILES string of the molecule is O=C(O)Cn1cc(CCCNC(=O)OCC2c3ccccc3-c3ccccc32)nn1. The van der Waals surface area contributed by atoms with Gasteiger partial charge in [0.25, 0.3) is 0 Å².